The number of hydrogen-bond acceptors (Lipinski definition) is 4. The number of phenols is 1. The maximum absolute atomic E-state index is 9.80. The van der Waals surface area contributed by atoms with Crippen LogP contribution in [0.15, 0.2) is 71.2 Å². The molecule has 0 amide bonds. The molecular weight excluding hydrogens is 238 g/mol. The van der Waals surface area contributed by atoms with Crippen LogP contribution in [0.3, 0.4) is 0 Å². The lowest BCUT2D eigenvalue weighted by atomic mass is 10.1. The average molecular weight is 249 g/mol. The van der Waals surface area contributed by atoms with E-state index in [1.807, 2.05) is 36.4 Å². The van der Waals surface area contributed by atoms with Gasteiger partial charge >= 0.3 is 0 Å². The van der Waals surface area contributed by atoms with E-state index < -0.39 is 0 Å². The molecule has 0 aliphatic carbocycles. The molecule has 0 saturated carbocycles. The Kier molecular flexibility index (Phi) is 2.90. The summed E-state index contributed by atoms with van der Waals surface area (Å²) in [4.78, 5) is 3.98. The Morgan fingerprint density at radius 1 is 0.842 bits per heavy atom. The van der Waals surface area contributed by atoms with Crippen molar-refractivity contribution in [1.29, 1.82) is 0 Å². The van der Waals surface area contributed by atoms with Crippen LogP contribution in [-0.4, -0.2) is 10.1 Å². The monoisotopic (exact) mass is 249 g/mol. The maximum Gasteiger partial charge on any atom is 0.123 e. The molecule has 1 heterocycles. The number of hydrogen-bond donors (Lipinski definition) is 1. The second kappa shape index (κ2) is 4.86. The van der Waals surface area contributed by atoms with Gasteiger partial charge in [0.15, 0.2) is 0 Å². The predicted octanol–water partition coefficient (Wildman–Crippen LogP) is 4.36. The summed E-state index contributed by atoms with van der Waals surface area (Å²) < 4.78 is 0. The zero-order valence-corrected chi connectivity index (χ0v) is 10.1. The van der Waals surface area contributed by atoms with Gasteiger partial charge in [0.2, 0.25) is 0 Å². The Labute approximate surface area is 110 Å². The van der Waals surface area contributed by atoms with Gasteiger partial charge in [0.05, 0.1) is 11.9 Å². The Balaban J connectivity index is 2.07. The number of rotatable bonds is 2. The number of benzene rings is 2. The second-order valence-electron chi connectivity index (χ2n) is 4.06. The summed E-state index contributed by atoms with van der Waals surface area (Å²) in [6.45, 7) is 0. The molecule has 4 heteroatoms. The van der Waals surface area contributed by atoms with Gasteiger partial charge in [-0.1, -0.05) is 24.3 Å². The maximum atomic E-state index is 9.80. The molecule has 4 nitrogen and oxygen atoms in total. The number of aromatic hydroxyl groups is 1. The standard InChI is InChI=1S/C15H11N3O/c19-15-8-7-14(12-5-1-2-6-13(12)15)18-17-11-4-3-9-16-10-11/h1-10,19H. The Morgan fingerprint density at radius 2 is 1.68 bits per heavy atom. The third-order valence-electron chi connectivity index (χ3n) is 2.80. The highest BCUT2D eigenvalue weighted by atomic mass is 16.3. The van der Waals surface area contributed by atoms with Crippen LogP contribution in [0.1, 0.15) is 0 Å². The molecule has 0 atom stereocenters. The van der Waals surface area contributed by atoms with Crippen LogP contribution >= 0.6 is 0 Å². The number of fused-ring (bicyclic) bond motifs is 1. The molecule has 1 aromatic heterocycles. The van der Waals surface area contributed by atoms with E-state index in [2.05, 4.69) is 15.2 Å². The first-order valence-corrected chi connectivity index (χ1v) is 5.87. The minimum atomic E-state index is 0.246. The third-order valence-corrected chi connectivity index (χ3v) is 2.80. The molecule has 0 unspecified atom stereocenters. The second-order valence-corrected chi connectivity index (χ2v) is 4.06. The summed E-state index contributed by atoms with van der Waals surface area (Å²) >= 11 is 0. The summed E-state index contributed by atoms with van der Waals surface area (Å²) in [6, 6.07) is 14.6. The predicted molar refractivity (Wildman–Crippen MR) is 74.0 cm³/mol. The van der Waals surface area contributed by atoms with Crippen LogP contribution in [0.4, 0.5) is 11.4 Å². The first-order chi connectivity index (χ1) is 9.34. The molecule has 0 spiro atoms. The van der Waals surface area contributed by atoms with Gasteiger partial charge < -0.3 is 5.11 Å². The van der Waals surface area contributed by atoms with E-state index in [1.54, 1.807) is 24.5 Å². The highest BCUT2D eigenvalue weighted by Gasteiger charge is 2.03. The van der Waals surface area contributed by atoms with Crippen molar-refractivity contribution in [3.8, 4) is 5.75 Å². The summed E-state index contributed by atoms with van der Waals surface area (Å²) in [5, 5.41) is 19.8. The van der Waals surface area contributed by atoms with E-state index in [1.165, 1.54) is 0 Å². The average Bonchev–Trinajstić information content (AvgIpc) is 2.48. The molecule has 3 rings (SSSR count). The first kappa shape index (κ1) is 11.3. The highest BCUT2D eigenvalue weighted by Crippen LogP contribution is 2.33. The van der Waals surface area contributed by atoms with E-state index >= 15 is 0 Å². The number of phenolic OH excluding ortho intramolecular Hbond substituents is 1. The summed E-state index contributed by atoms with van der Waals surface area (Å²) in [7, 11) is 0. The highest BCUT2D eigenvalue weighted by molar-refractivity contribution is 5.96. The van der Waals surface area contributed by atoms with Crippen molar-refractivity contribution in [2.75, 3.05) is 0 Å². The molecule has 0 aliphatic rings. The van der Waals surface area contributed by atoms with Gasteiger partial charge in [-0.05, 0) is 24.3 Å². The van der Waals surface area contributed by atoms with Gasteiger partial charge in [-0.3, -0.25) is 4.98 Å². The van der Waals surface area contributed by atoms with Crippen LogP contribution in [0.25, 0.3) is 10.8 Å². The smallest absolute Gasteiger partial charge is 0.123 e. The van der Waals surface area contributed by atoms with Gasteiger partial charge in [-0.2, -0.15) is 0 Å². The molecule has 92 valence electrons. The zero-order valence-electron chi connectivity index (χ0n) is 10.1. The largest absolute Gasteiger partial charge is 0.507 e. The van der Waals surface area contributed by atoms with Crippen LogP contribution < -0.4 is 0 Å². The number of azo groups is 1. The van der Waals surface area contributed by atoms with E-state index in [4.69, 9.17) is 0 Å². The molecule has 2 aromatic carbocycles. The third kappa shape index (κ3) is 2.28. The molecule has 0 radical (unpaired) electrons. The SMILES string of the molecule is Oc1ccc(N=Nc2cccnc2)c2ccccc12. The fourth-order valence-corrected chi connectivity index (χ4v) is 1.88. The Hall–Kier alpha value is -2.75. The zero-order chi connectivity index (χ0) is 13.1. The summed E-state index contributed by atoms with van der Waals surface area (Å²) in [6.07, 6.45) is 3.33. The van der Waals surface area contributed by atoms with Gasteiger partial charge in [-0.25, -0.2) is 0 Å². The topological polar surface area (TPSA) is 57.8 Å². The fraction of sp³-hybridized carbons (Fsp3) is 0. The Morgan fingerprint density at radius 3 is 2.47 bits per heavy atom. The van der Waals surface area contributed by atoms with Crippen molar-refractivity contribution >= 4 is 22.1 Å². The van der Waals surface area contributed by atoms with Crippen molar-refractivity contribution in [3.63, 3.8) is 0 Å². The molecule has 0 fully saturated rings. The van der Waals surface area contributed by atoms with Crippen LogP contribution in [0.2, 0.25) is 0 Å². The molecular formula is C15H11N3O. The van der Waals surface area contributed by atoms with E-state index in [0.717, 1.165) is 16.5 Å². The molecule has 3 aromatic rings. The quantitative estimate of drug-likeness (QED) is 0.686. The van der Waals surface area contributed by atoms with Crippen molar-refractivity contribution in [3.05, 3.63) is 60.9 Å². The van der Waals surface area contributed by atoms with Crippen molar-refractivity contribution in [2.45, 2.75) is 0 Å². The minimum Gasteiger partial charge on any atom is -0.507 e. The number of aromatic nitrogens is 1. The van der Waals surface area contributed by atoms with E-state index in [-0.39, 0.29) is 5.75 Å². The molecule has 1 N–H and O–H groups in total. The lowest BCUT2D eigenvalue weighted by Gasteiger charge is -2.03. The normalized spacial score (nSPS) is 11.2. The number of pyridine rings is 1. The summed E-state index contributed by atoms with van der Waals surface area (Å²) in [5.41, 5.74) is 1.41. The molecule has 0 bridgehead atoms. The lowest BCUT2D eigenvalue weighted by Crippen LogP contribution is -1.74. The Bertz CT molecular complexity index is 739. The van der Waals surface area contributed by atoms with E-state index in [9.17, 15) is 5.11 Å². The van der Waals surface area contributed by atoms with Gasteiger partial charge in [0.25, 0.3) is 0 Å². The first-order valence-electron chi connectivity index (χ1n) is 5.87. The van der Waals surface area contributed by atoms with Gasteiger partial charge in [0, 0.05) is 17.0 Å². The lowest BCUT2D eigenvalue weighted by molar-refractivity contribution is 0.481. The molecule has 0 aliphatic heterocycles. The number of nitrogens with zero attached hydrogens (tertiary/aromatic N) is 3. The van der Waals surface area contributed by atoms with E-state index in [0.29, 0.717) is 5.69 Å². The van der Waals surface area contributed by atoms with Gasteiger partial charge in [0.1, 0.15) is 11.4 Å². The van der Waals surface area contributed by atoms with Crippen molar-refractivity contribution < 1.29 is 5.11 Å². The van der Waals surface area contributed by atoms with Crippen LogP contribution in [-0.2, 0) is 0 Å². The summed E-state index contributed by atoms with van der Waals surface area (Å²) in [5.74, 6) is 0.246. The fourth-order valence-electron chi connectivity index (χ4n) is 1.88. The van der Waals surface area contributed by atoms with Crippen LogP contribution in [0.5, 0.6) is 5.75 Å². The van der Waals surface area contributed by atoms with Crippen molar-refractivity contribution in [2.24, 2.45) is 10.2 Å². The molecule has 0 saturated heterocycles. The van der Waals surface area contributed by atoms with Crippen LogP contribution in [0, 0.1) is 0 Å². The van der Waals surface area contributed by atoms with Gasteiger partial charge in [-0.15, -0.1) is 10.2 Å². The van der Waals surface area contributed by atoms with Crippen molar-refractivity contribution in [1.82, 2.24) is 4.98 Å². The molecule has 19 heavy (non-hydrogen) atoms. The minimum absolute atomic E-state index is 0.246.